The quantitative estimate of drug-likeness (QED) is 0.654. The maximum atomic E-state index is 12.6. The number of amides is 1. The van der Waals surface area contributed by atoms with Gasteiger partial charge in [0, 0.05) is 42.8 Å². The summed E-state index contributed by atoms with van der Waals surface area (Å²) in [6, 6.07) is 15.7. The SMILES string of the molecule is C[C@H](NC(=O)c1ccc(-c2ccc(N3CCCCCC3)nc2)cc1)c1cccnc1. The van der Waals surface area contributed by atoms with Crippen molar-refractivity contribution >= 4 is 11.7 Å². The van der Waals surface area contributed by atoms with Crippen LogP contribution in [0.15, 0.2) is 67.1 Å². The minimum atomic E-state index is -0.0957. The third kappa shape index (κ3) is 4.85. The summed E-state index contributed by atoms with van der Waals surface area (Å²) in [5, 5.41) is 3.02. The van der Waals surface area contributed by atoms with Crippen LogP contribution in [0.3, 0.4) is 0 Å². The number of pyridine rings is 2. The van der Waals surface area contributed by atoms with Gasteiger partial charge >= 0.3 is 0 Å². The normalized spacial score (nSPS) is 15.3. The monoisotopic (exact) mass is 400 g/mol. The van der Waals surface area contributed by atoms with Gasteiger partial charge in [0.15, 0.2) is 0 Å². The maximum absolute atomic E-state index is 12.6. The van der Waals surface area contributed by atoms with E-state index in [1.807, 2.05) is 49.5 Å². The molecule has 2 aromatic heterocycles. The van der Waals surface area contributed by atoms with Gasteiger partial charge < -0.3 is 10.2 Å². The summed E-state index contributed by atoms with van der Waals surface area (Å²) in [6.07, 6.45) is 10.5. The predicted molar refractivity (Wildman–Crippen MR) is 120 cm³/mol. The van der Waals surface area contributed by atoms with E-state index in [0.717, 1.165) is 35.6 Å². The molecule has 0 saturated carbocycles. The van der Waals surface area contributed by atoms with Crippen molar-refractivity contribution in [1.82, 2.24) is 15.3 Å². The molecule has 1 amide bonds. The zero-order valence-electron chi connectivity index (χ0n) is 17.4. The average molecular weight is 401 g/mol. The van der Waals surface area contributed by atoms with Gasteiger partial charge in [0.1, 0.15) is 5.82 Å². The summed E-state index contributed by atoms with van der Waals surface area (Å²) in [6.45, 7) is 4.14. The second-order valence-corrected chi connectivity index (χ2v) is 7.87. The Morgan fingerprint density at radius 1 is 0.933 bits per heavy atom. The van der Waals surface area contributed by atoms with E-state index in [9.17, 15) is 4.79 Å². The molecular formula is C25H28N4O. The van der Waals surface area contributed by atoms with Crippen LogP contribution in [0.1, 0.15) is 54.6 Å². The highest BCUT2D eigenvalue weighted by Gasteiger charge is 2.13. The molecule has 1 saturated heterocycles. The molecule has 1 fully saturated rings. The lowest BCUT2D eigenvalue weighted by Gasteiger charge is -2.21. The summed E-state index contributed by atoms with van der Waals surface area (Å²) in [4.78, 5) is 23.8. The summed E-state index contributed by atoms with van der Waals surface area (Å²) >= 11 is 0. The van der Waals surface area contributed by atoms with Crippen LogP contribution in [0, 0.1) is 0 Å². The van der Waals surface area contributed by atoms with Gasteiger partial charge in [-0.15, -0.1) is 0 Å². The van der Waals surface area contributed by atoms with Crippen molar-refractivity contribution < 1.29 is 4.79 Å². The molecule has 1 N–H and O–H groups in total. The van der Waals surface area contributed by atoms with E-state index < -0.39 is 0 Å². The smallest absolute Gasteiger partial charge is 0.251 e. The van der Waals surface area contributed by atoms with Crippen molar-refractivity contribution in [2.24, 2.45) is 0 Å². The first-order valence-electron chi connectivity index (χ1n) is 10.7. The van der Waals surface area contributed by atoms with Gasteiger partial charge in [-0.1, -0.05) is 31.0 Å². The third-order valence-corrected chi connectivity index (χ3v) is 5.69. The fourth-order valence-corrected chi connectivity index (χ4v) is 3.85. The lowest BCUT2D eigenvalue weighted by molar-refractivity contribution is 0.0940. The van der Waals surface area contributed by atoms with Gasteiger partial charge in [-0.3, -0.25) is 9.78 Å². The molecule has 0 aliphatic carbocycles. The molecule has 1 aliphatic heterocycles. The van der Waals surface area contributed by atoms with Gasteiger partial charge in [0.25, 0.3) is 5.91 Å². The van der Waals surface area contributed by atoms with Crippen LogP contribution < -0.4 is 10.2 Å². The predicted octanol–water partition coefficient (Wildman–Crippen LogP) is 5.02. The molecule has 0 unspecified atom stereocenters. The average Bonchev–Trinajstić information content (AvgIpc) is 3.09. The van der Waals surface area contributed by atoms with E-state index in [1.165, 1.54) is 25.7 Å². The maximum Gasteiger partial charge on any atom is 0.251 e. The highest BCUT2D eigenvalue weighted by Crippen LogP contribution is 2.23. The zero-order valence-corrected chi connectivity index (χ0v) is 17.4. The molecule has 0 bridgehead atoms. The second-order valence-electron chi connectivity index (χ2n) is 7.87. The van der Waals surface area contributed by atoms with Crippen LogP contribution in [0.5, 0.6) is 0 Å². The first kappa shape index (κ1) is 20.1. The Labute approximate surface area is 178 Å². The summed E-state index contributed by atoms with van der Waals surface area (Å²) in [5.74, 6) is 0.966. The van der Waals surface area contributed by atoms with Gasteiger partial charge in [-0.05, 0) is 61.2 Å². The molecule has 4 rings (SSSR count). The van der Waals surface area contributed by atoms with E-state index in [-0.39, 0.29) is 11.9 Å². The Morgan fingerprint density at radius 3 is 2.30 bits per heavy atom. The lowest BCUT2D eigenvalue weighted by Crippen LogP contribution is -2.26. The zero-order chi connectivity index (χ0) is 20.8. The number of carbonyl (C=O) groups excluding carboxylic acids is 1. The molecule has 5 heteroatoms. The van der Waals surface area contributed by atoms with Crippen molar-refractivity contribution in [3.8, 4) is 11.1 Å². The molecule has 1 aromatic carbocycles. The number of carbonyl (C=O) groups is 1. The minimum absolute atomic E-state index is 0.0902. The highest BCUT2D eigenvalue weighted by molar-refractivity contribution is 5.94. The highest BCUT2D eigenvalue weighted by atomic mass is 16.1. The topological polar surface area (TPSA) is 58.1 Å². The molecule has 3 aromatic rings. The molecular weight excluding hydrogens is 372 g/mol. The van der Waals surface area contributed by atoms with Crippen molar-refractivity contribution in [3.63, 3.8) is 0 Å². The van der Waals surface area contributed by atoms with Crippen LogP contribution in [0.25, 0.3) is 11.1 Å². The molecule has 5 nitrogen and oxygen atoms in total. The van der Waals surface area contributed by atoms with Crippen LogP contribution in [-0.4, -0.2) is 29.0 Å². The number of aromatic nitrogens is 2. The van der Waals surface area contributed by atoms with E-state index in [2.05, 4.69) is 27.3 Å². The second kappa shape index (κ2) is 9.53. The summed E-state index contributed by atoms with van der Waals surface area (Å²) < 4.78 is 0. The molecule has 0 radical (unpaired) electrons. The largest absolute Gasteiger partial charge is 0.357 e. The number of rotatable bonds is 5. The number of nitrogens with zero attached hydrogens (tertiary/aromatic N) is 3. The van der Waals surface area contributed by atoms with Crippen molar-refractivity contribution in [1.29, 1.82) is 0 Å². The Morgan fingerprint density at radius 2 is 1.67 bits per heavy atom. The number of nitrogens with one attached hydrogen (secondary N) is 1. The molecule has 1 aliphatic rings. The Balaban J connectivity index is 1.41. The number of benzene rings is 1. The van der Waals surface area contributed by atoms with Gasteiger partial charge in [-0.2, -0.15) is 0 Å². The van der Waals surface area contributed by atoms with Crippen LogP contribution in [0.4, 0.5) is 5.82 Å². The van der Waals surface area contributed by atoms with Crippen molar-refractivity contribution in [2.75, 3.05) is 18.0 Å². The Hall–Kier alpha value is -3.21. The van der Waals surface area contributed by atoms with Crippen molar-refractivity contribution in [2.45, 2.75) is 38.6 Å². The standard InChI is InChI=1S/C25H28N4O/c1-19(22-7-6-14-26-17-22)28-25(30)21-10-8-20(9-11-21)23-12-13-24(27-18-23)29-15-4-2-3-5-16-29/h6-14,17-19H,2-5,15-16H2,1H3,(H,28,30)/t19-/m0/s1. The van der Waals surface area contributed by atoms with Gasteiger partial charge in [0.05, 0.1) is 6.04 Å². The minimum Gasteiger partial charge on any atom is -0.357 e. The molecule has 0 spiro atoms. The fraction of sp³-hybridized carbons (Fsp3) is 0.320. The fourth-order valence-electron chi connectivity index (χ4n) is 3.85. The lowest BCUT2D eigenvalue weighted by atomic mass is 10.0. The molecule has 3 heterocycles. The number of hydrogen-bond acceptors (Lipinski definition) is 4. The van der Waals surface area contributed by atoms with Gasteiger partial charge in [-0.25, -0.2) is 4.98 Å². The summed E-state index contributed by atoms with van der Waals surface area (Å²) in [5.41, 5.74) is 3.74. The van der Waals surface area contributed by atoms with Gasteiger partial charge in [0.2, 0.25) is 0 Å². The van der Waals surface area contributed by atoms with E-state index in [0.29, 0.717) is 5.56 Å². The van der Waals surface area contributed by atoms with Crippen LogP contribution >= 0.6 is 0 Å². The first-order chi connectivity index (χ1) is 14.7. The summed E-state index contributed by atoms with van der Waals surface area (Å²) in [7, 11) is 0. The molecule has 30 heavy (non-hydrogen) atoms. The van der Waals surface area contributed by atoms with E-state index in [1.54, 1.807) is 12.4 Å². The number of anilines is 1. The molecule has 154 valence electrons. The Kier molecular flexibility index (Phi) is 6.38. The number of hydrogen-bond donors (Lipinski definition) is 1. The molecule has 1 atom stereocenters. The van der Waals surface area contributed by atoms with Crippen LogP contribution in [0.2, 0.25) is 0 Å². The Bertz CT molecular complexity index is 947. The third-order valence-electron chi connectivity index (χ3n) is 5.69. The first-order valence-corrected chi connectivity index (χ1v) is 10.7. The van der Waals surface area contributed by atoms with E-state index in [4.69, 9.17) is 4.98 Å². The van der Waals surface area contributed by atoms with Crippen molar-refractivity contribution in [3.05, 3.63) is 78.2 Å². The van der Waals surface area contributed by atoms with E-state index >= 15 is 0 Å². The van der Waals surface area contributed by atoms with Crippen LogP contribution in [-0.2, 0) is 0 Å².